The SMILES string of the molecule is COC(=O)C[C@H](N)c1cc(I)c(O)c(I)c1. The van der Waals surface area contributed by atoms with Crippen LogP contribution in [0.3, 0.4) is 0 Å². The summed E-state index contributed by atoms with van der Waals surface area (Å²) in [6.45, 7) is 0. The molecule has 88 valence electrons. The van der Waals surface area contributed by atoms with Crippen molar-refractivity contribution >= 4 is 51.2 Å². The number of benzene rings is 1. The Morgan fingerprint density at radius 1 is 1.50 bits per heavy atom. The Bertz CT molecular complexity index is 386. The van der Waals surface area contributed by atoms with Gasteiger partial charge >= 0.3 is 5.97 Å². The Kier molecular flexibility index (Phi) is 5.25. The van der Waals surface area contributed by atoms with Crippen molar-refractivity contribution in [1.29, 1.82) is 0 Å². The number of ether oxygens (including phenoxy) is 1. The lowest BCUT2D eigenvalue weighted by Gasteiger charge is -2.12. The first kappa shape index (κ1) is 14.0. The zero-order valence-corrected chi connectivity index (χ0v) is 12.9. The number of esters is 1. The zero-order chi connectivity index (χ0) is 12.3. The number of rotatable bonds is 3. The number of methoxy groups -OCH3 is 1. The van der Waals surface area contributed by atoms with E-state index < -0.39 is 6.04 Å². The number of carbonyl (C=O) groups is 1. The minimum atomic E-state index is -0.407. The topological polar surface area (TPSA) is 72.5 Å². The second-order valence-electron chi connectivity index (χ2n) is 3.22. The van der Waals surface area contributed by atoms with E-state index in [4.69, 9.17) is 5.73 Å². The molecule has 0 saturated carbocycles. The molecule has 0 fully saturated rings. The van der Waals surface area contributed by atoms with Crippen molar-refractivity contribution in [3.05, 3.63) is 24.8 Å². The molecule has 1 atom stereocenters. The molecule has 0 amide bonds. The van der Waals surface area contributed by atoms with E-state index in [1.54, 1.807) is 12.1 Å². The van der Waals surface area contributed by atoms with Gasteiger partial charge in [-0.15, -0.1) is 0 Å². The van der Waals surface area contributed by atoms with E-state index in [0.717, 1.165) is 12.7 Å². The molecule has 4 nitrogen and oxygen atoms in total. The summed E-state index contributed by atoms with van der Waals surface area (Å²) in [7, 11) is 1.33. The van der Waals surface area contributed by atoms with Gasteiger partial charge in [0.15, 0.2) is 0 Å². The van der Waals surface area contributed by atoms with Crippen LogP contribution in [-0.4, -0.2) is 18.2 Å². The molecule has 3 N–H and O–H groups in total. The van der Waals surface area contributed by atoms with Crippen molar-refractivity contribution < 1.29 is 14.6 Å². The largest absolute Gasteiger partial charge is 0.506 e. The van der Waals surface area contributed by atoms with E-state index in [-0.39, 0.29) is 18.1 Å². The fraction of sp³-hybridized carbons (Fsp3) is 0.300. The fourth-order valence-electron chi connectivity index (χ4n) is 1.18. The van der Waals surface area contributed by atoms with Crippen LogP contribution < -0.4 is 5.73 Å². The van der Waals surface area contributed by atoms with Gasteiger partial charge in [0.2, 0.25) is 0 Å². The van der Waals surface area contributed by atoms with Crippen LogP contribution >= 0.6 is 45.2 Å². The molecule has 0 bridgehead atoms. The number of halogens is 2. The van der Waals surface area contributed by atoms with Gasteiger partial charge in [-0.1, -0.05) is 0 Å². The summed E-state index contributed by atoms with van der Waals surface area (Å²) >= 11 is 4.05. The lowest BCUT2D eigenvalue weighted by atomic mass is 10.0. The van der Waals surface area contributed by atoms with Gasteiger partial charge < -0.3 is 15.6 Å². The third-order valence-corrected chi connectivity index (χ3v) is 3.73. The molecule has 0 aliphatic carbocycles. The Morgan fingerprint density at radius 2 is 2.00 bits per heavy atom. The van der Waals surface area contributed by atoms with Crippen LogP contribution in [0, 0.1) is 7.14 Å². The van der Waals surface area contributed by atoms with Crippen LogP contribution in [0.25, 0.3) is 0 Å². The van der Waals surface area contributed by atoms with Gasteiger partial charge in [-0.25, -0.2) is 0 Å². The van der Waals surface area contributed by atoms with Gasteiger partial charge in [0, 0.05) is 6.04 Å². The van der Waals surface area contributed by atoms with Crippen LogP contribution in [-0.2, 0) is 9.53 Å². The van der Waals surface area contributed by atoms with Crippen molar-refractivity contribution in [1.82, 2.24) is 0 Å². The standard InChI is InChI=1S/C10H11I2NO3/c1-16-9(14)4-8(13)5-2-6(11)10(15)7(12)3-5/h2-3,8,15H,4,13H2,1H3/t8-/m0/s1. The van der Waals surface area contributed by atoms with E-state index in [9.17, 15) is 9.90 Å². The number of nitrogens with two attached hydrogens (primary N) is 1. The second kappa shape index (κ2) is 6.01. The molecule has 0 aliphatic rings. The molecule has 0 radical (unpaired) electrons. The quantitative estimate of drug-likeness (QED) is 0.551. The summed E-state index contributed by atoms with van der Waals surface area (Å²) in [5.74, 6) is -0.0965. The van der Waals surface area contributed by atoms with Crippen molar-refractivity contribution in [3.8, 4) is 5.75 Å². The molecule has 1 aromatic carbocycles. The lowest BCUT2D eigenvalue weighted by molar-refractivity contribution is -0.141. The predicted octanol–water partition coefficient (Wildman–Crippen LogP) is 2.16. The zero-order valence-electron chi connectivity index (χ0n) is 8.54. The van der Waals surface area contributed by atoms with E-state index in [1.165, 1.54) is 7.11 Å². The molecular formula is C10H11I2NO3. The molecule has 0 unspecified atom stereocenters. The lowest BCUT2D eigenvalue weighted by Crippen LogP contribution is -2.16. The average Bonchev–Trinajstić information content (AvgIpc) is 2.24. The minimum Gasteiger partial charge on any atom is -0.506 e. The van der Waals surface area contributed by atoms with Gasteiger partial charge in [-0.2, -0.15) is 0 Å². The number of phenols is 1. The third-order valence-electron chi connectivity index (χ3n) is 2.08. The molecule has 0 heterocycles. The van der Waals surface area contributed by atoms with Gasteiger partial charge in [0.1, 0.15) is 5.75 Å². The van der Waals surface area contributed by atoms with E-state index >= 15 is 0 Å². The Labute approximate surface area is 121 Å². The summed E-state index contributed by atoms with van der Waals surface area (Å²) in [4.78, 5) is 11.1. The number of carbonyl (C=O) groups excluding carboxylic acids is 1. The van der Waals surface area contributed by atoms with E-state index in [1.807, 2.05) is 45.2 Å². The summed E-state index contributed by atoms with van der Waals surface area (Å²) in [5, 5.41) is 9.59. The highest BCUT2D eigenvalue weighted by Crippen LogP contribution is 2.29. The van der Waals surface area contributed by atoms with Crippen LogP contribution in [0.1, 0.15) is 18.0 Å². The van der Waals surface area contributed by atoms with Crippen LogP contribution in [0.4, 0.5) is 0 Å². The fourth-order valence-corrected chi connectivity index (χ4v) is 3.00. The summed E-state index contributed by atoms with van der Waals surface area (Å²) in [6, 6.07) is 3.13. The van der Waals surface area contributed by atoms with Gasteiger partial charge in [0.25, 0.3) is 0 Å². The summed E-state index contributed by atoms with van der Waals surface area (Å²) in [6.07, 6.45) is 0.132. The van der Waals surface area contributed by atoms with E-state index in [2.05, 4.69) is 4.74 Å². The summed E-state index contributed by atoms with van der Waals surface area (Å²) in [5.41, 5.74) is 6.69. The highest BCUT2D eigenvalue weighted by Gasteiger charge is 2.15. The molecule has 0 aromatic heterocycles. The maximum Gasteiger partial charge on any atom is 0.307 e. The molecule has 1 aromatic rings. The first-order valence-corrected chi connectivity index (χ1v) is 6.61. The highest BCUT2D eigenvalue weighted by atomic mass is 127. The van der Waals surface area contributed by atoms with Crippen molar-refractivity contribution in [2.75, 3.05) is 7.11 Å². The maximum absolute atomic E-state index is 11.1. The molecular weight excluding hydrogens is 436 g/mol. The van der Waals surface area contributed by atoms with Gasteiger partial charge in [-0.3, -0.25) is 4.79 Å². The van der Waals surface area contributed by atoms with Gasteiger partial charge in [0.05, 0.1) is 20.7 Å². The predicted molar refractivity (Wildman–Crippen MR) is 77.1 cm³/mol. The molecule has 1 rings (SSSR count). The highest BCUT2D eigenvalue weighted by molar-refractivity contribution is 14.1. The van der Waals surface area contributed by atoms with Crippen molar-refractivity contribution in [2.45, 2.75) is 12.5 Å². The third kappa shape index (κ3) is 3.45. The first-order valence-electron chi connectivity index (χ1n) is 4.46. The molecule has 0 aliphatic heterocycles. The number of aromatic hydroxyl groups is 1. The van der Waals surface area contributed by atoms with Crippen molar-refractivity contribution in [2.24, 2.45) is 5.73 Å². The monoisotopic (exact) mass is 447 g/mol. The molecule has 16 heavy (non-hydrogen) atoms. The van der Waals surface area contributed by atoms with E-state index in [0.29, 0.717) is 0 Å². The Balaban J connectivity index is 2.92. The Morgan fingerprint density at radius 3 is 2.44 bits per heavy atom. The smallest absolute Gasteiger partial charge is 0.307 e. The van der Waals surface area contributed by atoms with Crippen LogP contribution in [0.15, 0.2) is 12.1 Å². The van der Waals surface area contributed by atoms with Gasteiger partial charge in [-0.05, 0) is 62.9 Å². The van der Waals surface area contributed by atoms with Crippen LogP contribution in [0.2, 0.25) is 0 Å². The number of phenolic OH excluding ortho intramolecular Hbond substituents is 1. The second-order valence-corrected chi connectivity index (χ2v) is 5.54. The molecule has 6 heteroatoms. The normalized spacial score (nSPS) is 12.2. The number of hydrogen-bond acceptors (Lipinski definition) is 4. The Hall–Kier alpha value is -0.0900. The molecule has 0 saturated heterocycles. The average molecular weight is 447 g/mol. The van der Waals surface area contributed by atoms with Crippen LogP contribution in [0.5, 0.6) is 5.75 Å². The van der Waals surface area contributed by atoms with Crippen molar-refractivity contribution in [3.63, 3.8) is 0 Å². The minimum absolute atomic E-state index is 0.132. The number of hydrogen-bond donors (Lipinski definition) is 2. The first-order chi connectivity index (χ1) is 7.45. The maximum atomic E-state index is 11.1. The summed E-state index contributed by atoms with van der Waals surface area (Å²) < 4.78 is 6.00. The molecule has 0 spiro atoms.